The molecule has 0 aliphatic carbocycles. The first-order valence-corrected chi connectivity index (χ1v) is 9.80. The molecule has 0 radical (unpaired) electrons. The van der Waals surface area contributed by atoms with Gasteiger partial charge in [0.1, 0.15) is 12.4 Å². The lowest BCUT2D eigenvalue weighted by molar-refractivity contribution is -0.143. The van der Waals surface area contributed by atoms with Gasteiger partial charge in [0.25, 0.3) is 5.91 Å². The summed E-state index contributed by atoms with van der Waals surface area (Å²) in [5.41, 5.74) is 2.99. The Labute approximate surface area is 173 Å². The number of nitrogens with one attached hydrogen (secondary N) is 1. The molecule has 8 heteroatoms. The number of carbonyl (C=O) groups is 2. The Morgan fingerprint density at radius 3 is 2.87 bits per heavy atom. The highest BCUT2D eigenvalue weighted by Crippen LogP contribution is 2.21. The van der Waals surface area contributed by atoms with Gasteiger partial charge < -0.3 is 14.7 Å². The Kier molecular flexibility index (Phi) is 5.74. The summed E-state index contributed by atoms with van der Waals surface area (Å²) in [6.45, 7) is 1.13. The maximum Gasteiger partial charge on any atom is 0.308 e. The second-order valence-electron chi connectivity index (χ2n) is 7.27. The molecule has 4 rings (SSSR count). The lowest BCUT2D eigenvalue weighted by Crippen LogP contribution is -2.42. The van der Waals surface area contributed by atoms with Crippen molar-refractivity contribution >= 4 is 11.9 Å². The number of H-pyrrole nitrogens is 1. The summed E-state index contributed by atoms with van der Waals surface area (Å²) >= 11 is 0. The van der Waals surface area contributed by atoms with Crippen LogP contribution in [0.2, 0.25) is 0 Å². The summed E-state index contributed by atoms with van der Waals surface area (Å²) < 4.78 is 5.80. The number of carbonyl (C=O) groups excluding carboxylic acids is 1. The number of amides is 1. The summed E-state index contributed by atoms with van der Waals surface area (Å²) in [5.74, 6) is -0.864. The van der Waals surface area contributed by atoms with E-state index in [1.807, 2.05) is 30.3 Å². The number of carboxylic acid groups (broad SMARTS) is 1. The first kappa shape index (κ1) is 19.6. The van der Waals surface area contributed by atoms with E-state index in [2.05, 4.69) is 15.2 Å². The number of pyridine rings is 1. The van der Waals surface area contributed by atoms with Crippen LogP contribution in [0.15, 0.2) is 54.9 Å². The molecule has 2 N–H and O–H groups in total. The van der Waals surface area contributed by atoms with Crippen molar-refractivity contribution in [1.29, 1.82) is 0 Å². The topological polar surface area (TPSA) is 108 Å². The molecule has 8 nitrogen and oxygen atoms in total. The largest absolute Gasteiger partial charge is 0.487 e. The van der Waals surface area contributed by atoms with E-state index in [0.717, 1.165) is 17.0 Å². The van der Waals surface area contributed by atoms with Gasteiger partial charge in [-0.25, -0.2) is 0 Å². The van der Waals surface area contributed by atoms with Gasteiger partial charge in [-0.15, -0.1) is 0 Å². The molecule has 0 saturated carbocycles. The summed E-state index contributed by atoms with van der Waals surface area (Å²) in [4.78, 5) is 30.1. The number of hydrogen-bond donors (Lipinski definition) is 2. The maximum absolute atomic E-state index is 12.8. The number of aromatic amines is 1. The van der Waals surface area contributed by atoms with Crippen LogP contribution in [0.3, 0.4) is 0 Å². The highest BCUT2D eigenvalue weighted by Gasteiger charge is 2.28. The predicted octanol–water partition coefficient (Wildman–Crippen LogP) is 2.99. The highest BCUT2D eigenvalue weighted by molar-refractivity contribution is 5.94. The van der Waals surface area contributed by atoms with Crippen LogP contribution in [0.1, 0.15) is 28.8 Å². The van der Waals surface area contributed by atoms with E-state index in [0.29, 0.717) is 37.3 Å². The number of ether oxygens (including phenoxy) is 1. The van der Waals surface area contributed by atoms with Crippen molar-refractivity contribution in [3.05, 3.63) is 66.0 Å². The number of likely N-dealkylation sites (tertiary alicyclic amines) is 1. The third-order valence-corrected chi connectivity index (χ3v) is 5.15. The fourth-order valence-electron chi connectivity index (χ4n) is 3.53. The third kappa shape index (κ3) is 4.48. The number of hydrogen-bond acceptors (Lipinski definition) is 5. The maximum atomic E-state index is 12.8. The molecule has 30 heavy (non-hydrogen) atoms. The molecule has 2 aromatic heterocycles. The van der Waals surface area contributed by atoms with Gasteiger partial charge in [-0.3, -0.25) is 19.7 Å². The quantitative estimate of drug-likeness (QED) is 0.651. The fourth-order valence-corrected chi connectivity index (χ4v) is 3.53. The zero-order valence-corrected chi connectivity index (χ0v) is 16.3. The number of benzene rings is 1. The Hall–Kier alpha value is -3.68. The SMILES string of the molecule is O=C(O)[C@@H]1CCCN(C(=O)c2cccc(COc3ccc(-c4ccn[nH]4)nc3)c2)C1. The minimum absolute atomic E-state index is 0.145. The zero-order valence-electron chi connectivity index (χ0n) is 16.3. The van der Waals surface area contributed by atoms with E-state index < -0.39 is 11.9 Å². The first-order valence-electron chi connectivity index (χ1n) is 9.80. The summed E-state index contributed by atoms with van der Waals surface area (Å²) in [6, 6.07) is 12.8. The van der Waals surface area contributed by atoms with Gasteiger partial charge in [-0.2, -0.15) is 5.10 Å². The molecule has 1 amide bonds. The van der Waals surface area contributed by atoms with Gasteiger partial charge in [-0.05, 0) is 48.7 Å². The third-order valence-electron chi connectivity index (χ3n) is 5.15. The molecule has 1 aromatic carbocycles. The molecule has 1 aliphatic rings. The van der Waals surface area contributed by atoms with Gasteiger partial charge in [0.2, 0.25) is 0 Å². The molecule has 3 aromatic rings. The van der Waals surface area contributed by atoms with E-state index in [1.54, 1.807) is 29.4 Å². The molecule has 3 heterocycles. The average Bonchev–Trinajstić information content (AvgIpc) is 3.33. The molecule has 1 fully saturated rings. The monoisotopic (exact) mass is 406 g/mol. The van der Waals surface area contributed by atoms with Crippen molar-refractivity contribution < 1.29 is 19.4 Å². The second-order valence-corrected chi connectivity index (χ2v) is 7.27. The van der Waals surface area contributed by atoms with E-state index >= 15 is 0 Å². The number of piperidine rings is 1. The Bertz CT molecular complexity index is 1020. The summed E-state index contributed by atoms with van der Waals surface area (Å²) in [5, 5.41) is 16.0. The van der Waals surface area contributed by atoms with E-state index in [1.165, 1.54) is 0 Å². The van der Waals surface area contributed by atoms with Crippen LogP contribution in [0.4, 0.5) is 0 Å². The lowest BCUT2D eigenvalue weighted by Gasteiger charge is -2.30. The predicted molar refractivity (Wildman–Crippen MR) is 109 cm³/mol. The summed E-state index contributed by atoms with van der Waals surface area (Å²) in [7, 11) is 0. The molecule has 1 aliphatic heterocycles. The van der Waals surface area contributed by atoms with Gasteiger partial charge in [0.15, 0.2) is 0 Å². The number of aliphatic carboxylic acids is 1. The van der Waals surface area contributed by atoms with Gasteiger partial charge in [0.05, 0.1) is 23.5 Å². The summed E-state index contributed by atoms with van der Waals surface area (Å²) in [6.07, 6.45) is 4.62. The normalized spacial score (nSPS) is 16.3. The van der Waals surface area contributed by atoms with Crippen LogP contribution >= 0.6 is 0 Å². The van der Waals surface area contributed by atoms with E-state index in [4.69, 9.17) is 4.74 Å². The molecule has 154 valence electrons. The fraction of sp³-hybridized carbons (Fsp3) is 0.273. The number of aromatic nitrogens is 3. The van der Waals surface area contributed by atoms with E-state index in [9.17, 15) is 14.7 Å². The van der Waals surface area contributed by atoms with Crippen LogP contribution in [0, 0.1) is 5.92 Å². The van der Waals surface area contributed by atoms with Crippen molar-refractivity contribution in [1.82, 2.24) is 20.1 Å². The minimum Gasteiger partial charge on any atom is -0.487 e. The number of nitrogens with zero attached hydrogens (tertiary/aromatic N) is 3. The highest BCUT2D eigenvalue weighted by atomic mass is 16.5. The molecular formula is C22H22N4O4. The average molecular weight is 406 g/mol. The van der Waals surface area contributed by atoms with Crippen LogP contribution in [0.5, 0.6) is 5.75 Å². The van der Waals surface area contributed by atoms with Crippen LogP contribution < -0.4 is 4.74 Å². The van der Waals surface area contributed by atoms with Crippen LogP contribution in [-0.2, 0) is 11.4 Å². The van der Waals surface area contributed by atoms with Gasteiger partial charge in [0, 0.05) is 24.8 Å². The number of rotatable bonds is 6. The zero-order chi connectivity index (χ0) is 20.9. The molecule has 1 saturated heterocycles. The molecule has 0 spiro atoms. The van der Waals surface area contributed by atoms with Crippen molar-refractivity contribution in [2.75, 3.05) is 13.1 Å². The Morgan fingerprint density at radius 1 is 1.23 bits per heavy atom. The van der Waals surface area contributed by atoms with Crippen LogP contribution in [0.25, 0.3) is 11.4 Å². The number of carboxylic acids is 1. The molecule has 1 atom stereocenters. The van der Waals surface area contributed by atoms with Crippen molar-refractivity contribution in [3.63, 3.8) is 0 Å². The lowest BCUT2D eigenvalue weighted by atomic mass is 9.97. The van der Waals surface area contributed by atoms with Crippen molar-refractivity contribution in [2.45, 2.75) is 19.4 Å². The van der Waals surface area contributed by atoms with Crippen LogP contribution in [-0.4, -0.2) is 50.2 Å². The second kappa shape index (κ2) is 8.77. The van der Waals surface area contributed by atoms with Crippen molar-refractivity contribution in [2.24, 2.45) is 5.92 Å². The molecule has 0 unspecified atom stereocenters. The van der Waals surface area contributed by atoms with Gasteiger partial charge in [-0.1, -0.05) is 12.1 Å². The Balaban J connectivity index is 1.38. The molecule has 0 bridgehead atoms. The minimum atomic E-state index is -0.846. The Morgan fingerprint density at radius 2 is 2.13 bits per heavy atom. The first-order chi connectivity index (χ1) is 14.6. The molecular weight excluding hydrogens is 384 g/mol. The smallest absolute Gasteiger partial charge is 0.308 e. The van der Waals surface area contributed by atoms with E-state index in [-0.39, 0.29) is 12.5 Å². The van der Waals surface area contributed by atoms with Gasteiger partial charge >= 0.3 is 5.97 Å². The standard InChI is InChI=1S/C22H22N4O4/c27-21(26-10-2-5-17(13-26)22(28)29)16-4-1-3-15(11-16)14-30-18-6-7-19(23-12-18)20-8-9-24-25-20/h1,3-4,6-9,11-12,17H,2,5,10,13-14H2,(H,24,25)(H,28,29)/t17-/m1/s1. The van der Waals surface area contributed by atoms with Crippen molar-refractivity contribution in [3.8, 4) is 17.1 Å².